The number of benzene rings is 2. The zero-order valence-electron chi connectivity index (χ0n) is 19.4. The van der Waals surface area contributed by atoms with E-state index in [0.717, 1.165) is 81.5 Å². The van der Waals surface area contributed by atoms with Gasteiger partial charge in [0.25, 0.3) is 0 Å². The van der Waals surface area contributed by atoms with Crippen molar-refractivity contribution in [2.45, 2.75) is 6.92 Å². The quantitative estimate of drug-likeness (QED) is 0.307. The van der Waals surface area contributed by atoms with E-state index in [9.17, 15) is 0 Å². The summed E-state index contributed by atoms with van der Waals surface area (Å²) in [6.07, 6.45) is 3.90. The molecular weight excluding hydrogens is 528 g/mol. The highest BCUT2D eigenvalue weighted by molar-refractivity contribution is 9.10. The molecule has 10 heteroatoms. The van der Waals surface area contributed by atoms with Crippen LogP contribution in [0.2, 0.25) is 5.02 Å². The van der Waals surface area contributed by atoms with Gasteiger partial charge in [0.1, 0.15) is 17.3 Å². The van der Waals surface area contributed by atoms with E-state index >= 15 is 0 Å². The second-order valence-corrected chi connectivity index (χ2v) is 10.2. The summed E-state index contributed by atoms with van der Waals surface area (Å²) in [5.74, 6) is 1.77. The number of hydrogen-bond donors (Lipinski definition) is 2. The lowest BCUT2D eigenvalue weighted by Crippen LogP contribution is -2.44. The third-order valence-electron chi connectivity index (χ3n) is 6.52. The first-order valence-electron chi connectivity index (χ1n) is 11.4. The lowest BCUT2D eigenvalue weighted by molar-refractivity contribution is 0.312. The van der Waals surface area contributed by atoms with Gasteiger partial charge in [-0.15, -0.1) is 0 Å². The van der Waals surface area contributed by atoms with Crippen molar-refractivity contribution in [2.24, 2.45) is 0 Å². The molecule has 1 aliphatic heterocycles. The van der Waals surface area contributed by atoms with Gasteiger partial charge in [-0.2, -0.15) is 5.10 Å². The Morgan fingerprint density at radius 1 is 1.09 bits per heavy atom. The fraction of sp³-hybridized carbons (Fsp3) is 0.240. The molecule has 0 unspecified atom stereocenters. The van der Waals surface area contributed by atoms with Crippen molar-refractivity contribution in [1.29, 1.82) is 0 Å². The van der Waals surface area contributed by atoms with Gasteiger partial charge in [0, 0.05) is 47.3 Å². The minimum absolute atomic E-state index is 0.620. The average molecular weight is 552 g/mol. The lowest BCUT2D eigenvalue weighted by atomic mass is 10.1. The second kappa shape index (κ2) is 8.82. The first-order chi connectivity index (χ1) is 17.0. The van der Waals surface area contributed by atoms with Gasteiger partial charge in [-0.1, -0.05) is 33.6 Å². The highest BCUT2D eigenvalue weighted by atomic mass is 79.9. The topological polar surface area (TPSA) is 77.4 Å². The van der Waals surface area contributed by atoms with Crippen molar-refractivity contribution >= 4 is 61.4 Å². The van der Waals surface area contributed by atoms with E-state index in [1.165, 1.54) is 0 Å². The number of imidazole rings is 1. The Bertz CT molecular complexity index is 1550. The molecular formula is C25H24BrClN8. The molecule has 5 aromatic rings. The number of H-pyrrole nitrogens is 1. The Morgan fingerprint density at radius 3 is 2.71 bits per heavy atom. The molecule has 4 heterocycles. The Kier molecular flexibility index (Phi) is 5.63. The summed E-state index contributed by atoms with van der Waals surface area (Å²) in [4.78, 5) is 14.4. The van der Waals surface area contributed by atoms with Crippen LogP contribution in [0.5, 0.6) is 0 Å². The Balaban J connectivity index is 1.51. The highest BCUT2D eigenvalue weighted by Crippen LogP contribution is 2.36. The molecule has 0 saturated carbocycles. The maximum absolute atomic E-state index is 6.59. The molecule has 0 bridgehead atoms. The van der Waals surface area contributed by atoms with Gasteiger partial charge in [-0.3, -0.25) is 9.50 Å². The molecule has 8 nitrogen and oxygen atoms in total. The molecule has 0 spiro atoms. The molecule has 178 valence electrons. The van der Waals surface area contributed by atoms with E-state index < -0.39 is 0 Å². The minimum atomic E-state index is 0.620. The standard InChI is InChI=1S/C25H24BrClN8/c1-15-18-11-16(3-5-20(18)32-31-15)24-25(29-21-6-4-17(26)12-19(21)27)35-14-23(28-13-22(35)30-24)34-9-7-33(2)8-10-34/h3-6,11-14,29H,7-10H2,1-2H3,(H,31,32). The van der Waals surface area contributed by atoms with Crippen molar-refractivity contribution in [2.75, 3.05) is 43.4 Å². The van der Waals surface area contributed by atoms with Crippen LogP contribution < -0.4 is 10.2 Å². The van der Waals surface area contributed by atoms with E-state index in [1.807, 2.05) is 43.5 Å². The number of aryl methyl sites for hydroxylation is 1. The minimum Gasteiger partial charge on any atom is -0.353 e. The fourth-order valence-corrected chi connectivity index (χ4v) is 5.19. The van der Waals surface area contributed by atoms with E-state index in [4.69, 9.17) is 21.6 Å². The van der Waals surface area contributed by atoms with Crippen LogP contribution in [0.15, 0.2) is 53.3 Å². The molecule has 1 fully saturated rings. The van der Waals surface area contributed by atoms with Crippen LogP contribution in [0.3, 0.4) is 0 Å². The van der Waals surface area contributed by atoms with Crippen molar-refractivity contribution in [3.05, 3.63) is 64.0 Å². The summed E-state index contributed by atoms with van der Waals surface area (Å²) in [6, 6.07) is 12.0. The number of hydrogen-bond acceptors (Lipinski definition) is 6. The van der Waals surface area contributed by atoms with Gasteiger partial charge >= 0.3 is 0 Å². The summed E-state index contributed by atoms with van der Waals surface area (Å²) in [5.41, 5.74) is 5.33. The third kappa shape index (κ3) is 4.13. The predicted octanol–water partition coefficient (Wildman–Crippen LogP) is 5.49. The molecule has 0 radical (unpaired) electrons. The third-order valence-corrected chi connectivity index (χ3v) is 7.33. The van der Waals surface area contributed by atoms with Crippen LogP contribution in [0.4, 0.5) is 17.3 Å². The first kappa shape index (κ1) is 22.3. The monoisotopic (exact) mass is 550 g/mol. The number of nitrogens with zero attached hydrogens (tertiary/aromatic N) is 6. The van der Waals surface area contributed by atoms with Gasteiger partial charge in [0.15, 0.2) is 5.65 Å². The molecule has 2 N–H and O–H groups in total. The summed E-state index contributed by atoms with van der Waals surface area (Å²) in [7, 11) is 2.15. The van der Waals surface area contributed by atoms with E-state index in [1.54, 1.807) is 0 Å². The number of likely N-dealkylation sites (N-methyl/N-ethyl adjacent to an activating group) is 1. The molecule has 35 heavy (non-hydrogen) atoms. The van der Waals surface area contributed by atoms with Crippen molar-refractivity contribution in [3.63, 3.8) is 0 Å². The molecule has 1 aliphatic rings. The van der Waals surface area contributed by atoms with Crippen molar-refractivity contribution in [1.82, 2.24) is 29.5 Å². The van der Waals surface area contributed by atoms with Crippen molar-refractivity contribution in [3.8, 4) is 11.3 Å². The second-order valence-electron chi connectivity index (χ2n) is 8.90. The SMILES string of the molecule is Cc1[nH]nc2ccc(-c3nc4cnc(N5CCN(C)CC5)cn4c3Nc3ccc(Br)cc3Cl)cc12. The van der Waals surface area contributed by atoms with Crippen LogP contribution in [-0.2, 0) is 0 Å². The maximum Gasteiger partial charge on any atom is 0.157 e. The maximum atomic E-state index is 6.59. The zero-order chi connectivity index (χ0) is 24.1. The molecule has 2 aromatic carbocycles. The van der Waals surface area contributed by atoms with E-state index in [0.29, 0.717) is 5.02 Å². The van der Waals surface area contributed by atoms with E-state index in [-0.39, 0.29) is 0 Å². The Morgan fingerprint density at radius 2 is 1.91 bits per heavy atom. The van der Waals surface area contributed by atoms with Gasteiger partial charge in [0.2, 0.25) is 0 Å². The molecule has 6 rings (SSSR count). The normalized spacial score (nSPS) is 14.8. The van der Waals surface area contributed by atoms with Gasteiger partial charge in [-0.05, 0) is 44.3 Å². The number of aromatic nitrogens is 5. The predicted molar refractivity (Wildman–Crippen MR) is 145 cm³/mol. The summed E-state index contributed by atoms with van der Waals surface area (Å²) in [6.45, 7) is 5.93. The number of fused-ring (bicyclic) bond motifs is 2. The number of aromatic amines is 1. The van der Waals surface area contributed by atoms with Crippen LogP contribution in [-0.4, -0.2) is 62.7 Å². The largest absolute Gasteiger partial charge is 0.353 e. The number of piperazine rings is 1. The summed E-state index contributed by atoms with van der Waals surface area (Å²) < 4.78 is 3.00. The molecule has 3 aromatic heterocycles. The molecule has 0 amide bonds. The summed E-state index contributed by atoms with van der Waals surface area (Å²) in [5, 5.41) is 12.7. The summed E-state index contributed by atoms with van der Waals surface area (Å²) >= 11 is 10.1. The average Bonchev–Trinajstić information content (AvgIpc) is 3.41. The number of rotatable bonds is 4. The van der Waals surface area contributed by atoms with Gasteiger partial charge < -0.3 is 15.1 Å². The van der Waals surface area contributed by atoms with Crippen LogP contribution in [0.25, 0.3) is 27.8 Å². The van der Waals surface area contributed by atoms with Gasteiger partial charge in [-0.25, -0.2) is 9.97 Å². The highest BCUT2D eigenvalue weighted by Gasteiger charge is 2.20. The molecule has 0 atom stereocenters. The lowest BCUT2D eigenvalue weighted by Gasteiger charge is -2.33. The number of halogens is 2. The Labute approximate surface area is 216 Å². The number of anilines is 3. The van der Waals surface area contributed by atoms with Gasteiger partial charge in [0.05, 0.1) is 28.6 Å². The zero-order valence-corrected chi connectivity index (χ0v) is 21.7. The smallest absolute Gasteiger partial charge is 0.157 e. The van der Waals surface area contributed by atoms with Crippen molar-refractivity contribution < 1.29 is 0 Å². The molecule has 0 aliphatic carbocycles. The van der Waals surface area contributed by atoms with Crippen LogP contribution in [0.1, 0.15) is 5.69 Å². The fourth-order valence-electron chi connectivity index (χ4n) is 4.47. The Hall–Kier alpha value is -3.14. The van der Waals surface area contributed by atoms with E-state index in [2.05, 4.69) is 65.0 Å². The van der Waals surface area contributed by atoms with Crippen LogP contribution >= 0.6 is 27.5 Å². The number of nitrogens with one attached hydrogen (secondary N) is 2. The first-order valence-corrected chi connectivity index (χ1v) is 12.6. The van der Waals surface area contributed by atoms with Crippen LogP contribution in [0, 0.1) is 6.92 Å². The molecule has 1 saturated heterocycles.